The molecule has 0 saturated carbocycles. The third-order valence-electron chi connectivity index (χ3n) is 0.347. The first-order chi connectivity index (χ1) is 2.39. The summed E-state index contributed by atoms with van der Waals surface area (Å²) in [5.41, 5.74) is 0. The highest BCUT2D eigenvalue weighted by Gasteiger charge is 2.02. The lowest BCUT2D eigenvalue weighted by Gasteiger charge is -2.03. The summed E-state index contributed by atoms with van der Waals surface area (Å²) >= 11 is 5.17. The van der Waals surface area contributed by atoms with Gasteiger partial charge in [-0.25, -0.2) is 0 Å². The van der Waals surface area contributed by atoms with Gasteiger partial charge < -0.3 is 4.84 Å². The van der Waals surface area contributed by atoms with Crippen molar-refractivity contribution in [3.8, 4) is 0 Å². The lowest BCUT2D eigenvalue weighted by atomic mass is 10.8. The molecule has 1 aliphatic heterocycles. The Balaban J connectivity index is 2.51. The minimum atomic E-state index is 0.502. The first-order valence-electron chi connectivity index (χ1n) is 1.24. The number of nitrogens with zero attached hydrogens (tertiary/aromatic N) is 1. The average Bonchev–Trinajstić information content (AvgIpc) is 1.30. The van der Waals surface area contributed by atoms with Crippen LogP contribution in [0.4, 0.5) is 0 Å². The Morgan fingerprint density at radius 2 is 2.40 bits per heavy atom. The zero-order chi connectivity index (χ0) is 3.70. The van der Waals surface area contributed by atoms with Crippen LogP contribution in [0.25, 0.3) is 0 Å². The Kier molecular flexibility index (Phi) is 0.513. The van der Waals surface area contributed by atoms with E-state index in [1.54, 1.807) is 0 Å². The molecule has 2 nitrogen and oxygen atoms in total. The van der Waals surface area contributed by atoms with Crippen LogP contribution in [0.1, 0.15) is 0 Å². The Bertz CT molecular complexity index is 70.0. The van der Waals surface area contributed by atoms with Crippen molar-refractivity contribution in [3.05, 3.63) is 0 Å². The van der Waals surface area contributed by atoms with E-state index in [4.69, 9.17) is 11.6 Å². The summed E-state index contributed by atoms with van der Waals surface area (Å²) in [6.07, 6.45) is 0. The van der Waals surface area contributed by atoms with Crippen LogP contribution < -0.4 is 0 Å². The van der Waals surface area contributed by atoms with E-state index in [9.17, 15) is 0 Å². The zero-order valence-corrected chi connectivity index (χ0v) is 3.20. The van der Waals surface area contributed by atoms with Gasteiger partial charge in [-0.15, -0.1) is 0 Å². The van der Waals surface area contributed by atoms with E-state index in [1.807, 2.05) is 0 Å². The minimum Gasteiger partial charge on any atom is -0.387 e. The van der Waals surface area contributed by atoms with Gasteiger partial charge in [0.25, 0.3) is 0 Å². The van der Waals surface area contributed by atoms with Crippen LogP contribution in [0.15, 0.2) is 5.16 Å². The molecule has 0 fully saturated rings. The molecule has 1 aliphatic rings. The van der Waals surface area contributed by atoms with Crippen molar-refractivity contribution in [2.45, 2.75) is 0 Å². The van der Waals surface area contributed by atoms with Crippen molar-refractivity contribution in [1.29, 1.82) is 0 Å². The molecule has 0 N–H and O–H groups in total. The van der Waals surface area contributed by atoms with E-state index in [2.05, 4.69) is 9.99 Å². The standard InChI is InChI=1S/C2H2ClNO/c3-2-1-5-4-2/h1H2. The minimum absolute atomic E-state index is 0.502. The summed E-state index contributed by atoms with van der Waals surface area (Å²) in [5, 5.41) is 3.81. The molecule has 1 heterocycles. The summed E-state index contributed by atoms with van der Waals surface area (Å²) in [4.78, 5) is 4.29. The maximum Gasteiger partial charge on any atom is 0.185 e. The van der Waals surface area contributed by atoms with Gasteiger partial charge in [0, 0.05) is 0 Å². The summed E-state index contributed by atoms with van der Waals surface area (Å²) in [6.45, 7) is 0.502. The Morgan fingerprint density at radius 1 is 2.00 bits per heavy atom. The zero-order valence-electron chi connectivity index (χ0n) is 2.44. The fourth-order valence-corrected chi connectivity index (χ4v) is 0.211. The molecule has 1 rings (SSSR count). The monoisotopic (exact) mass is 91.0 g/mol. The van der Waals surface area contributed by atoms with Crippen LogP contribution in [0.2, 0.25) is 0 Å². The first-order valence-corrected chi connectivity index (χ1v) is 1.62. The van der Waals surface area contributed by atoms with Crippen LogP contribution >= 0.6 is 11.6 Å². The molecule has 0 bridgehead atoms. The van der Waals surface area contributed by atoms with Crippen LogP contribution in [-0.4, -0.2) is 11.8 Å². The highest BCUT2D eigenvalue weighted by atomic mass is 35.5. The third kappa shape index (κ3) is 0.351. The summed E-state index contributed by atoms with van der Waals surface area (Å²) in [6, 6.07) is 0. The van der Waals surface area contributed by atoms with Gasteiger partial charge >= 0.3 is 0 Å². The number of hydrogen-bond acceptors (Lipinski definition) is 2. The SMILES string of the molecule is ClC1=NOC1. The van der Waals surface area contributed by atoms with E-state index in [1.165, 1.54) is 0 Å². The predicted molar refractivity (Wildman–Crippen MR) is 19.2 cm³/mol. The number of rotatable bonds is 0. The van der Waals surface area contributed by atoms with E-state index in [-0.39, 0.29) is 0 Å². The summed E-state index contributed by atoms with van der Waals surface area (Å²) in [5.74, 6) is 0. The van der Waals surface area contributed by atoms with Crippen molar-refractivity contribution >= 4 is 16.8 Å². The number of oxime groups is 1. The Hall–Kier alpha value is -0.240. The molecule has 5 heavy (non-hydrogen) atoms. The Morgan fingerprint density at radius 3 is 2.40 bits per heavy atom. The van der Waals surface area contributed by atoms with Crippen LogP contribution in [0, 0.1) is 0 Å². The van der Waals surface area contributed by atoms with Gasteiger partial charge in [0.15, 0.2) is 11.8 Å². The highest BCUT2D eigenvalue weighted by molar-refractivity contribution is 6.66. The second kappa shape index (κ2) is 0.863. The molecule has 0 saturated heterocycles. The maximum atomic E-state index is 5.17. The lowest BCUT2D eigenvalue weighted by molar-refractivity contribution is 0.146. The predicted octanol–water partition coefficient (Wildman–Crippen LogP) is 0.569. The maximum absolute atomic E-state index is 5.17. The first kappa shape index (κ1) is 2.97. The second-order valence-electron chi connectivity index (χ2n) is 0.741. The molecule has 0 atom stereocenters. The Labute approximate surface area is 34.4 Å². The molecule has 0 aliphatic carbocycles. The lowest BCUT2D eigenvalue weighted by Crippen LogP contribution is -2.08. The smallest absolute Gasteiger partial charge is 0.185 e. The number of hydrogen-bond donors (Lipinski definition) is 0. The van der Waals surface area contributed by atoms with Gasteiger partial charge in [0.2, 0.25) is 0 Å². The van der Waals surface area contributed by atoms with E-state index in [0.717, 1.165) is 0 Å². The van der Waals surface area contributed by atoms with Crippen molar-refractivity contribution < 1.29 is 4.84 Å². The molecular formula is C2H2ClNO. The second-order valence-corrected chi connectivity index (χ2v) is 1.18. The van der Waals surface area contributed by atoms with E-state index >= 15 is 0 Å². The molecule has 28 valence electrons. The molecule has 0 aromatic rings. The molecule has 0 unspecified atom stereocenters. The molecule has 3 heteroatoms. The summed E-state index contributed by atoms with van der Waals surface area (Å²) in [7, 11) is 0. The molecular weight excluding hydrogens is 89.5 g/mol. The highest BCUT2D eigenvalue weighted by Crippen LogP contribution is 1.97. The number of halogens is 1. The van der Waals surface area contributed by atoms with Crippen LogP contribution in [0.5, 0.6) is 0 Å². The van der Waals surface area contributed by atoms with Gasteiger partial charge in [-0.2, -0.15) is 0 Å². The van der Waals surface area contributed by atoms with Crippen molar-refractivity contribution in [3.63, 3.8) is 0 Å². The largest absolute Gasteiger partial charge is 0.387 e. The quantitative estimate of drug-likeness (QED) is 0.427. The van der Waals surface area contributed by atoms with Gasteiger partial charge in [0.05, 0.1) is 0 Å². The van der Waals surface area contributed by atoms with Gasteiger partial charge in [-0.3, -0.25) is 0 Å². The average molecular weight is 91.5 g/mol. The van der Waals surface area contributed by atoms with Gasteiger partial charge in [0.1, 0.15) is 0 Å². The molecule has 0 amide bonds. The van der Waals surface area contributed by atoms with Gasteiger partial charge in [-0.05, 0) is 0 Å². The topological polar surface area (TPSA) is 21.6 Å². The van der Waals surface area contributed by atoms with E-state index in [0.29, 0.717) is 11.8 Å². The fraction of sp³-hybridized carbons (Fsp3) is 0.500. The fourth-order valence-electron chi connectivity index (χ4n) is 0.113. The molecule has 0 aromatic carbocycles. The molecule has 0 spiro atoms. The summed E-state index contributed by atoms with van der Waals surface area (Å²) < 4.78 is 0. The van der Waals surface area contributed by atoms with Crippen molar-refractivity contribution in [2.75, 3.05) is 6.61 Å². The van der Waals surface area contributed by atoms with Crippen molar-refractivity contribution in [2.24, 2.45) is 5.16 Å². The molecule has 0 radical (unpaired) electrons. The van der Waals surface area contributed by atoms with Crippen LogP contribution in [-0.2, 0) is 4.84 Å². The third-order valence-corrected chi connectivity index (χ3v) is 0.525. The normalized spacial score (nSPS) is 19.0. The van der Waals surface area contributed by atoms with E-state index < -0.39 is 0 Å². The van der Waals surface area contributed by atoms with Crippen molar-refractivity contribution in [1.82, 2.24) is 0 Å². The van der Waals surface area contributed by atoms with Gasteiger partial charge in [-0.1, -0.05) is 16.8 Å². The van der Waals surface area contributed by atoms with Crippen LogP contribution in [0.3, 0.4) is 0 Å². The molecule has 0 aromatic heterocycles.